The monoisotopic (exact) mass is 366 g/mol. The second-order valence-electron chi connectivity index (χ2n) is 8.79. The van der Waals surface area contributed by atoms with Crippen molar-refractivity contribution in [2.45, 2.75) is 76.4 Å². The van der Waals surface area contributed by atoms with Crippen molar-refractivity contribution in [3.05, 3.63) is 0 Å². The Balaban J connectivity index is 1.40. The number of carbonyl (C=O) groups is 1. The molecule has 150 valence electrons. The van der Waals surface area contributed by atoms with Crippen LogP contribution in [0.5, 0.6) is 0 Å². The topological polar surface area (TPSA) is 80.5 Å². The molecule has 7 nitrogen and oxygen atoms in total. The van der Waals surface area contributed by atoms with Crippen molar-refractivity contribution in [1.82, 2.24) is 31.5 Å². The Morgan fingerprint density at radius 2 is 1.85 bits per heavy atom. The van der Waals surface area contributed by atoms with Crippen molar-refractivity contribution in [3.63, 3.8) is 0 Å². The first-order chi connectivity index (χ1) is 12.5. The van der Waals surface area contributed by atoms with Crippen molar-refractivity contribution >= 4 is 6.03 Å². The highest BCUT2D eigenvalue weighted by atomic mass is 16.2. The van der Waals surface area contributed by atoms with Crippen LogP contribution in [-0.2, 0) is 0 Å². The minimum atomic E-state index is -0.196. The molecule has 7 heteroatoms. The fourth-order valence-corrected chi connectivity index (χ4v) is 4.90. The lowest BCUT2D eigenvalue weighted by molar-refractivity contribution is 0.177. The average molecular weight is 367 g/mol. The van der Waals surface area contributed by atoms with Gasteiger partial charge in [0, 0.05) is 25.2 Å². The Labute approximate surface area is 158 Å². The molecule has 3 rings (SSSR count). The van der Waals surface area contributed by atoms with E-state index in [1.807, 2.05) is 0 Å². The number of nitrogens with one attached hydrogen (secondary N) is 5. The van der Waals surface area contributed by atoms with Crippen molar-refractivity contribution in [1.29, 1.82) is 0 Å². The maximum Gasteiger partial charge on any atom is 0.317 e. The molecule has 6 unspecified atom stereocenters. The number of nitrogens with zero attached hydrogens (tertiary/aromatic N) is 1. The summed E-state index contributed by atoms with van der Waals surface area (Å²) in [6, 6.07) is 0.634. The summed E-state index contributed by atoms with van der Waals surface area (Å²) in [7, 11) is 4.15. The third-order valence-corrected chi connectivity index (χ3v) is 6.26. The Bertz CT molecular complexity index is 459. The van der Waals surface area contributed by atoms with Gasteiger partial charge >= 0.3 is 6.03 Å². The van der Waals surface area contributed by atoms with E-state index in [2.05, 4.69) is 52.5 Å². The van der Waals surface area contributed by atoms with Gasteiger partial charge < -0.3 is 20.9 Å². The molecule has 3 fully saturated rings. The van der Waals surface area contributed by atoms with Crippen LogP contribution in [0.4, 0.5) is 4.79 Å². The van der Waals surface area contributed by atoms with Crippen LogP contribution >= 0.6 is 0 Å². The number of likely N-dealkylation sites (N-methyl/N-ethyl adjacent to an activating group) is 1. The third kappa shape index (κ3) is 5.81. The molecule has 2 saturated carbocycles. The highest BCUT2D eigenvalue weighted by Gasteiger charge is 2.34. The summed E-state index contributed by atoms with van der Waals surface area (Å²) < 4.78 is 0. The summed E-state index contributed by atoms with van der Waals surface area (Å²) in [5, 5.41) is 16.7. The van der Waals surface area contributed by atoms with Gasteiger partial charge in [0.1, 0.15) is 6.29 Å². The molecule has 5 N–H and O–H groups in total. The number of carbonyl (C=O) groups excluding carboxylic acids is 1. The summed E-state index contributed by atoms with van der Waals surface area (Å²) >= 11 is 0. The van der Waals surface area contributed by atoms with Gasteiger partial charge in [-0.15, -0.1) is 0 Å². The molecule has 0 spiro atoms. The van der Waals surface area contributed by atoms with E-state index in [1.165, 1.54) is 25.7 Å². The van der Waals surface area contributed by atoms with E-state index in [0.717, 1.165) is 44.2 Å². The first-order valence-electron chi connectivity index (χ1n) is 10.5. The molecule has 0 aromatic carbocycles. The molecule has 0 radical (unpaired) electrons. The Kier molecular flexibility index (Phi) is 7.14. The van der Waals surface area contributed by atoms with E-state index in [4.69, 9.17) is 0 Å². The molecule has 1 saturated heterocycles. The van der Waals surface area contributed by atoms with Gasteiger partial charge in [-0.25, -0.2) is 4.79 Å². The van der Waals surface area contributed by atoms with E-state index in [-0.39, 0.29) is 18.5 Å². The largest absolute Gasteiger partial charge is 0.335 e. The molecule has 0 bridgehead atoms. The van der Waals surface area contributed by atoms with Crippen molar-refractivity contribution < 1.29 is 4.79 Å². The fraction of sp³-hybridized carbons (Fsp3) is 0.947. The van der Waals surface area contributed by atoms with Crippen LogP contribution in [0, 0.1) is 11.8 Å². The SMILES string of the molecule is CC1CC(NCCN(C)C)NC(NC(=O)NC2CCC3CCCC3C2)N1. The van der Waals surface area contributed by atoms with Gasteiger partial charge in [0.2, 0.25) is 0 Å². The highest BCUT2D eigenvalue weighted by Crippen LogP contribution is 2.41. The summed E-state index contributed by atoms with van der Waals surface area (Å²) in [6.07, 6.45) is 8.73. The molecule has 26 heavy (non-hydrogen) atoms. The zero-order valence-electron chi connectivity index (χ0n) is 16.7. The van der Waals surface area contributed by atoms with E-state index >= 15 is 0 Å². The molecule has 2 aliphatic carbocycles. The highest BCUT2D eigenvalue weighted by molar-refractivity contribution is 5.74. The van der Waals surface area contributed by atoms with Crippen molar-refractivity contribution in [2.24, 2.45) is 11.8 Å². The minimum absolute atomic E-state index is 0.0578. The first kappa shape index (κ1) is 19.9. The number of amides is 2. The molecule has 1 heterocycles. The van der Waals surface area contributed by atoms with Crippen LogP contribution < -0.4 is 26.6 Å². The van der Waals surface area contributed by atoms with Gasteiger partial charge in [0.25, 0.3) is 0 Å². The summed E-state index contributed by atoms with van der Waals surface area (Å²) in [6.45, 7) is 4.10. The third-order valence-electron chi connectivity index (χ3n) is 6.26. The van der Waals surface area contributed by atoms with Crippen LogP contribution in [0.2, 0.25) is 0 Å². The van der Waals surface area contributed by atoms with Crippen molar-refractivity contribution in [3.8, 4) is 0 Å². The smallest absolute Gasteiger partial charge is 0.317 e. The molecule has 0 aromatic rings. The van der Waals surface area contributed by atoms with Gasteiger partial charge in [0.05, 0.1) is 6.17 Å². The lowest BCUT2D eigenvalue weighted by atomic mass is 9.79. The van der Waals surface area contributed by atoms with Crippen LogP contribution in [0.1, 0.15) is 51.9 Å². The van der Waals surface area contributed by atoms with Gasteiger partial charge in [0.15, 0.2) is 0 Å². The molecular formula is C19H38N6O. The number of fused-ring (bicyclic) bond motifs is 1. The maximum atomic E-state index is 12.5. The van der Waals surface area contributed by atoms with Crippen LogP contribution in [-0.4, -0.2) is 62.7 Å². The fourth-order valence-electron chi connectivity index (χ4n) is 4.90. The van der Waals surface area contributed by atoms with Crippen molar-refractivity contribution in [2.75, 3.05) is 27.2 Å². The van der Waals surface area contributed by atoms with Gasteiger partial charge in [-0.05, 0) is 58.5 Å². The lowest BCUT2D eigenvalue weighted by Crippen LogP contribution is -2.68. The minimum Gasteiger partial charge on any atom is -0.335 e. The standard InChI is InChI=1S/C19H38N6O/c1-13-11-17(20-9-10-25(2)3)23-18(21-13)24-19(26)22-16-8-7-14-5-4-6-15(14)12-16/h13-18,20-21,23H,4-12H2,1-3H3,(H2,22,24,26). The Morgan fingerprint density at radius 1 is 1.04 bits per heavy atom. The second kappa shape index (κ2) is 9.35. The molecule has 1 aliphatic heterocycles. The van der Waals surface area contributed by atoms with Crippen LogP contribution in [0.15, 0.2) is 0 Å². The van der Waals surface area contributed by atoms with E-state index in [0.29, 0.717) is 12.1 Å². The Hall–Kier alpha value is -0.890. The number of rotatable bonds is 6. The zero-order valence-corrected chi connectivity index (χ0v) is 16.7. The maximum absolute atomic E-state index is 12.5. The van der Waals surface area contributed by atoms with E-state index in [9.17, 15) is 4.79 Å². The van der Waals surface area contributed by atoms with Crippen LogP contribution in [0.25, 0.3) is 0 Å². The molecular weight excluding hydrogens is 328 g/mol. The zero-order chi connectivity index (χ0) is 18.5. The van der Waals surface area contributed by atoms with E-state index in [1.54, 1.807) is 0 Å². The molecule has 2 amide bonds. The lowest BCUT2D eigenvalue weighted by Gasteiger charge is -2.38. The molecule has 6 atom stereocenters. The van der Waals surface area contributed by atoms with E-state index < -0.39 is 0 Å². The predicted molar refractivity (Wildman–Crippen MR) is 105 cm³/mol. The number of hydrogen-bond acceptors (Lipinski definition) is 5. The molecule has 0 aromatic heterocycles. The summed E-state index contributed by atoms with van der Waals surface area (Å²) in [5.41, 5.74) is 0. The van der Waals surface area contributed by atoms with Gasteiger partial charge in [-0.3, -0.25) is 10.6 Å². The molecule has 3 aliphatic rings. The summed E-state index contributed by atoms with van der Waals surface area (Å²) in [5.74, 6) is 1.76. The first-order valence-corrected chi connectivity index (χ1v) is 10.5. The number of hydrogen-bond donors (Lipinski definition) is 5. The Morgan fingerprint density at radius 3 is 2.65 bits per heavy atom. The van der Waals surface area contributed by atoms with Gasteiger partial charge in [-0.1, -0.05) is 19.3 Å². The normalized spacial score (nSPS) is 37.4. The van der Waals surface area contributed by atoms with Crippen LogP contribution in [0.3, 0.4) is 0 Å². The van der Waals surface area contributed by atoms with Gasteiger partial charge in [-0.2, -0.15) is 0 Å². The second-order valence-corrected chi connectivity index (χ2v) is 8.79. The quantitative estimate of drug-likeness (QED) is 0.484. The predicted octanol–water partition coefficient (Wildman–Crippen LogP) is 0.987. The number of urea groups is 1. The average Bonchev–Trinajstić information content (AvgIpc) is 3.01. The summed E-state index contributed by atoms with van der Waals surface area (Å²) in [4.78, 5) is 14.6.